The van der Waals surface area contributed by atoms with Crippen LogP contribution in [0.3, 0.4) is 0 Å². The van der Waals surface area contributed by atoms with Crippen molar-refractivity contribution < 1.29 is 14.3 Å². The normalized spacial score (nSPS) is 17.2. The molecule has 2 aromatic carbocycles. The van der Waals surface area contributed by atoms with Crippen LogP contribution in [0.4, 0.5) is 4.79 Å². The molecule has 0 saturated carbocycles. The second-order valence-corrected chi connectivity index (χ2v) is 10.8. The molecule has 10 nitrogen and oxygen atoms in total. The number of amides is 3. The number of benzene rings is 2. The fourth-order valence-electron chi connectivity index (χ4n) is 4.86. The number of piperidine rings is 1. The first kappa shape index (κ1) is 26.4. The number of aryl methyl sites for hydroxylation is 1. The number of fused-ring (bicyclic) bond motifs is 1. The van der Waals surface area contributed by atoms with Gasteiger partial charge in [0.15, 0.2) is 0 Å². The van der Waals surface area contributed by atoms with Gasteiger partial charge in [0, 0.05) is 55.4 Å². The molecule has 0 spiro atoms. The monoisotopic (exact) mass is 546 g/mol. The Bertz CT molecular complexity index is 1550. The van der Waals surface area contributed by atoms with Crippen LogP contribution < -0.4 is 14.9 Å². The number of urea groups is 1. The Balaban J connectivity index is 1.26. The molecule has 2 unspecified atom stereocenters. The molecule has 1 fully saturated rings. The van der Waals surface area contributed by atoms with Crippen molar-refractivity contribution in [3.63, 3.8) is 0 Å². The Labute approximate surface area is 229 Å². The van der Waals surface area contributed by atoms with Crippen LogP contribution >= 0.6 is 11.3 Å². The van der Waals surface area contributed by atoms with Crippen molar-refractivity contribution in [2.24, 2.45) is 0 Å². The summed E-state index contributed by atoms with van der Waals surface area (Å²) in [6.07, 6.45) is 0.546. The van der Waals surface area contributed by atoms with E-state index in [0.29, 0.717) is 42.4 Å². The van der Waals surface area contributed by atoms with Gasteiger partial charge in [-0.05, 0) is 49.7 Å². The average molecular weight is 547 g/mol. The number of ether oxygens (including phenoxy) is 1. The van der Waals surface area contributed by atoms with Gasteiger partial charge in [0.2, 0.25) is 0 Å². The second-order valence-electron chi connectivity index (χ2n) is 9.80. The fourth-order valence-corrected chi connectivity index (χ4v) is 5.62. The zero-order chi connectivity index (χ0) is 27.5. The Morgan fingerprint density at radius 1 is 1.18 bits per heavy atom. The predicted molar refractivity (Wildman–Crippen MR) is 149 cm³/mol. The van der Waals surface area contributed by atoms with Gasteiger partial charge in [-0.1, -0.05) is 29.5 Å². The number of pyridine rings is 1. The van der Waals surface area contributed by atoms with Crippen molar-refractivity contribution in [3.05, 3.63) is 86.1 Å². The van der Waals surface area contributed by atoms with Crippen LogP contribution in [-0.2, 0) is 6.61 Å². The molecule has 2 N–H and O–H groups in total. The van der Waals surface area contributed by atoms with Gasteiger partial charge in [-0.25, -0.2) is 9.89 Å². The summed E-state index contributed by atoms with van der Waals surface area (Å²) in [6, 6.07) is 16.6. The molecule has 3 amide bonds. The minimum atomic E-state index is -0.295. The molecule has 11 heteroatoms. The number of nitrogens with zero attached hydrogens (tertiary/aromatic N) is 4. The van der Waals surface area contributed by atoms with E-state index in [4.69, 9.17) is 4.74 Å². The molecule has 2 aromatic heterocycles. The number of rotatable bonds is 6. The van der Waals surface area contributed by atoms with E-state index in [1.165, 1.54) is 4.90 Å². The quantitative estimate of drug-likeness (QED) is 0.382. The third-order valence-electron chi connectivity index (χ3n) is 6.80. The number of aromatic amines is 1. The van der Waals surface area contributed by atoms with Gasteiger partial charge in [0.25, 0.3) is 5.91 Å². The van der Waals surface area contributed by atoms with Gasteiger partial charge in [-0.2, -0.15) is 5.10 Å². The molecule has 1 aliphatic rings. The molecule has 5 rings (SSSR count). The molecule has 1 aliphatic heterocycles. The standard InChI is InChI=1S/C28H30N6O4S/c1-17-14-19(21-6-4-5-7-23(21)29-17)16-38-20-10-8-18(9-11-20)25(35)30-24-12-13-34(28(37)33(2)3)15-22(24)26-31-32-27(36)39-26/h4-11,14,22,24H,12-13,15-16H2,1-3H3,(H,30,35)(H,32,36). The van der Waals surface area contributed by atoms with Crippen LogP contribution in [-0.4, -0.2) is 70.1 Å². The van der Waals surface area contributed by atoms with E-state index in [-0.39, 0.29) is 28.8 Å². The summed E-state index contributed by atoms with van der Waals surface area (Å²) in [5.41, 5.74) is 3.40. The minimum Gasteiger partial charge on any atom is -0.489 e. The van der Waals surface area contributed by atoms with Crippen LogP contribution in [0, 0.1) is 6.92 Å². The van der Waals surface area contributed by atoms with Crippen molar-refractivity contribution in [1.82, 2.24) is 30.3 Å². The Morgan fingerprint density at radius 3 is 2.67 bits per heavy atom. The Kier molecular flexibility index (Phi) is 7.60. The largest absolute Gasteiger partial charge is 0.489 e. The van der Waals surface area contributed by atoms with Crippen molar-refractivity contribution in [2.45, 2.75) is 31.9 Å². The van der Waals surface area contributed by atoms with E-state index in [9.17, 15) is 14.4 Å². The third-order valence-corrected chi connectivity index (χ3v) is 7.67. The van der Waals surface area contributed by atoms with E-state index in [1.54, 1.807) is 43.3 Å². The second kappa shape index (κ2) is 11.2. The number of para-hydroxylation sites is 1. The highest BCUT2D eigenvalue weighted by atomic mass is 32.1. The number of likely N-dealkylation sites (tertiary alicyclic amines) is 1. The first-order valence-electron chi connectivity index (χ1n) is 12.7. The lowest BCUT2D eigenvalue weighted by molar-refractivity contribution is 0.0899. The van der Waals surface area contributed by atoms with Crippen molar-refractivity contribution >= 4 is 34.2 Å². The van der Waals surface area contributed by atoms with Gasteiger partial charge in [-0.3, -0.25) is 14.6 Å². The predicted octanol–water partition coefficient (Wildman–Crippen LogP) is 3.54. The fraction of sp³-hybridized carbons (Fsp3) is 0.321. The maximum atomic E-state index is 13.2. The SMILES string of the molecule is Cc1cc(COc2ccc(C(=O)NC3CCN(C(=O)N(C)C)CC3c3n[nH]c(=O)s3)cc2)c2ccccc2n1. The average Bonchev–Trinajstić information content (AvgIpc) is 3.37. The molecule has 0 bridgehead atoms. The van der Waals surface area contributed by atoms with Gasteiger partial charge >= 0.3 is 10.9 Å². The Hall–Kier alpha value is -4.25. The zero-order valence-electron chi connectivity index (χ0n) is 22.0. The Morgan fingerprint density at radius 2 is 1.95 bits per heavy atom. The highest BCUT2D eigenvalue weighted by molar-refractivity contribution is 7.08. The molecule has 39 heavy (non-hydrogen) atoms. The smallest absolute Gasteiger partial charge is 0.322 e. The lowest BCUT2D eigenvalue weighted by Crippen LogP contribution is -2.53. The first-order valence-corrected chi connectivity index (χ1v) is 13.5. The van der Waals surface area contributed by atoms with Crippen LogP contribution in [0.15, 0.2) is 59.4 Å². The highest BCUT2D eigenvalue weighted by Gasteiger charge is 2.36. The number of carbonyl (C=O) groups is 2. The van der Waals surface area contributed by atoms with E-state index in [0.717, 1.165) is 33.5 Å². The van der Waals surface area contributed by atoms with Gasteiger partial charge in [-0.15, -0.1) is 0 Å². The number of aromatic nitrogens is 3. The number of H-pyrrole nitrogens is 1. The highest BCUT2D eigenvalue weighted by Crippen LogP contribution is 2.28. The molecular formula is C28H30N6O4S. The van der Waals surface area contributed by atoms with E-state index in [1.807, 2.05) is 37.3 Å². The third kappa shape index (κ3) is 5.93. The molecule has 4 aromatic rings. The lowest BCUT2D eigenvalue weighted by atomic mass is 9.92. The number of nitrogens with one attached hydrogen (secondary N) is 2. The van der Waals surface area contributed by atoms with Crippen molar-refractivity contribution in [3.8, 4) is 5.75 Å². The van der Waals surface area contributed by atoms with Gasteiger partial charge < -0.3 is 19.9 Å². The molecule has 3 heterocycles. The number of hydrogen-bond donors (Lipinski definition) is 2. The first-order chi connectivity index (χ1) is 18.8. The lowest BCUT2D eigenvalue weighted by Gasteiger charge is -2.38. The summed E-state index contributed by atoms with van der Waals surface area (Å²) < 4.78 is 6.03. The summed E-state index contributed by atoms with van der Waals surface area (Å²) >= 11 is 1.00. The molecular weight excluding hydrogens is 516 g/mol. The molecule has 202 valence electrons. The summed E-state index contributed by atoms with van der Waals surface area (Å²) in [5, 5.41) is 11.3. The summed E-state index contributed by atoms with van der Waals surface area (Å²) in [6.45, 7) is 3.20. The summed E-state index contributed by atoms with van der Waals surface area (Å²) in [5.74, 6) is 0.124. The molecule has 0 radical (unpaired) electrons. The maximum Gasteiger partial charge on any atom is 0.322 e. The maximum absolute atomic E-state index is 13.2. The van der Waals surface area contributed by atoms with Gasteiger partial charge in [0.05, 0.1) is 11.4 Å². The van der Waals surface area contributed by atoms with Crippen LogP contribution in [0.5, 0.6) is 5.75 Å². The number of hydrogen-bond acceptors (Lipinski definition) is 7. The zero-order valence-corrected chi connectivity index (χ0v) is 22.8. The van der Waals surface area contributed by atoms with Crippen molar-refractivity contribution in [1.29, 1.82) is 0 Å². The minimum absolute atomic E-state index is 0.113. The van der Waals surface area contributed by atoms with E-state index >= 15 is 0 Å². The van der Waals surface area contributed by atoms with Crippen LogP contribution in [0.2, 0.25) is 0 Å². The molecule has 1 saturated heterocycles. The van der Waals surface area contributed by atoms with E-state index in [2.05, 4.69) is 20.5 Å². The van der Waals surface area contributed by atoms with E-state index < -0.39 is 0 Å². The molecule has 0 aliphatic carbocycles. The summed E-state index contributed by atoms with van der Waals surface area (Å²) in [4.78, 5) is 45.0. The van der Waals surface area contributed by atoms with Gasteiger partial charge in [0.1, 0.15) is 17.4 Å². The number of carbonyl (C=O) groups excluding carboxylic acids is 2. The van der Waals surface area contributed by atoms with Crippen LogP contribution in [0.1, 0.15) is 39.0 Å². The summed E-state index contributed by atoms with van der Waals surface area (Å²) in [7, 11) is 3.40. The van der Waals surface area contributed by atoms with Crippen LogP contribution in [0.25, 0.3) is 10.9 Å². The van der Waals surface area contributed by atoms with Crippen molar-refractivity contribution in [2.75, 3.05) is 27.2 Å². The topological polar surface area (TPSA) is 121 Å². The molecule has 2 atom stereocenters.